The van der Waals surface area contributed by atoms with Crippen LogP contribution in [0.5, 0.6) is 11.5 Å². The van der Waals surface area contributed by atoms with Crippen molar-refractivity contribution in [2.24, 2.45) is 0 Å². The summed E-state index contributed by atoms with van der Waals surface area (Å²) in [6.45, 7) is 13.4. The number of rotatable bonds is 23. The van der Waals surface area contributed by atoms with E-state index in [4.69, 9.17) is 18.9 Å². The van der Waals surface area contributed by atoms with Gasteiger partial charge in [0, 0.05) is 5.41 Å². The van der Waals surface area contributed by atoms with Crippen LogP contribution in [0, 0.1) is 0 Å². The highest BCUT2D eigenvalue weighted by Crippen LogP contribution is 2.64. The molecule has 48 heavy (non-hydrogen) atoms. The van der Waals surface area contributed by atoms with Gasteiger partial charge in [-0.3, -0.25) is 0 Å². The lowest BCUT2D eigenvalue weighted by molar-refractivity contribution is 0.301. The average molecular weight is 659 g/mol. The van der Waals surface area contributed by atoms with Gasteiger partial charge in [0.25, 0.3) is 0 Å². The molecule has 0 saturated carbocycles. The summed E-state index contributed by atoms with van der Waals surface area (Å²) >= 11 is 0. The van der Waals surface area contributed by atoms with Crippen molar-refractivity contribution in [3.63, 3.8) is 0 Å². The normalized spacial score (nSPS) is 26.1. The van der Waals surface area contributed by atoms with Crippen LogP contribution >= 0.6 is 0 Å². The van der Waals surface area contributed by atoms with Crippen LogP contribution in [0.4, 0.5) is 0 Å². The second kappa shape index (κ2) is 16.3. The van der Waals surface area contributed by atoms with Gasteiger partial charge in [0.05, 0.1) is 38.6 Å². The fourth-order valence-corrected chi connectivity index (χ4v) is 9.21. The number of hydrogen-bond donors (Lipinski definition) is 0. The van der Waals surface area contributed by atoms with Crippen molar-refractivity contribution in [2.75, 3.05) is 26.4 Å². The third kappa shape index (κ3) is 9.00. The second-order valence-corrected chi connectivity index (χ2v) is 16.8. The fraction of sp³-hybridized carbons (Fsp3) is 0.727. The third-order valence-electron chi connectivity index (χ3n) is 12.3. The molecule has 2 aliphatic heterocycles. The molecule has 0 aromatic heterocycles. The molecule has 4 heteroatoms. The summed E-state index contributed by atoms with van der Waals surface area (Å²) in [5.74, 6) is 2.09. The first kappa shape index (κ1) is 35.8. The molecule has 266 valence electrons. The van der Waals surface area contributed by atoms with Gasteiger partial charge in [-0.25, -0.2) is 0 Å². The standard InChI is InChI=1S/C44H66O4/c1-5-43(4)33-44(41-29-35(23-25-39(41)43)46-27-19-15-11-7-9-13-17-21-37-31-48-37)32-42(2,3)38-24-22-34(28-40(38)44)45-26-18-14-10-6-8-12-16-20-36-30-47-36/h22-25,28-29,36-37H,5-21,26-27,30-33H2,1-4H3. The fourth-order valence-electron chi connectivity index (χ4n) is 9.21. The van der Waals surface area contributed by atoms with Gasteiger partial charge in [-0.15, -0.1) is 0 Å². The monoisotopic (exact) mass is 658 g/mol. The predicted octanol–water partition coefficient (Wildman–Crippen LogP) is 11.5. The summed E-state index contributed by atoms with van der Waals surface area (Å²) in [6.07, 6.45) is 25.4. The zero-order valence-corrected chi connectivity index (χ0v) is 31.0. The SMILES string of the molecule is CCC1(C)CC2(CC(C)(C)c3ccc(OCCCCCCCCCC4CO4)cc32)c2cc(OCCCCCCCCCC3CO3)ccc21. The minimum Gasteiger partial charge on any atom is -0.494 e. The number of benzene rings is 2. The Hall–Kier alpha value is -2.04. The maximum Gasteiger partial charge on any atom is 0.119 e. The summed E-state index contributed by atoms with van der Waals surface area (Å²) in [7, 11) is 0. The Bertz CT molecular complexity index is 1310. The Balaban J connectivity index is 1.03. The lowest BCUT2D eigenvalue weighted by Crippen LogP contribution is -2.27. The van der Waals surface area contributed by atoms with E-state index in [1.165, 1.54) is 112 Å². The maximum atomic E-state index is 6.46. The summed E-state index contributed by atoms with van der Waals surface area (Å²) in [5.41, 5.74) is 6.34. The summed E-state index contributed by atoms with van der Waals surface area (Å²) in [5, 5.41) is 0. The molecule has 2 aromatic carbocycles. The lowest BCUT2D eigenvalue weighted by Gasteiger charge is -2.31. The number of fused-ring (bicyclic) bond motifs is 4. The highest BCUT2D eigenvalue weighted by Gasteiger charge is 2.57. The Labute approximate surface area is 293 Å². The van der Waals surface area contributed by atoms with E-state index in [9.17, 15) is 0 Å². The number of hydrogen-bond acceptors (Lipinski definition) is 4. The van der Waals surface area contributed by atoms with Crippen LogP contribution in [0.15, 0.2) is 36.4 Å². The van der Waals surface area contributed by atoms with E-state index in [0.717, 1.165) is 70.0 Å². The maximum absolute atomic E-state index is 6.46. The number of unbranched alkanes of at least 4 members (excludes halogenated alkanes) is 12. The molecule has 2 saturated heterocycles. The minimum atomic E-state index is 0.00886. The Morgan fingerprint density at radius 3 is 1.48 bits per heavy atom. The third-order valence-corrected chi connectivity index (χ3v) is 12.3. The molecule has 4 unspecified atom stereocenters. The van der Waals surface area contributed by atoms with E-state index in [-0.39, 0.29) is 16.2 Å². The van der Waals surface area contributed by atoms with E-state index in [1.54, 1.807) is 0 Å². The molecule has 2 aliphatic carbocycles. The molecular weight excluding hydrogens is 592 g/mol. The molecule has 4 aliphatic rings. The van der Waals surface area contributed by atoms with Crippen LogP contribution in [-0.4, -0.2) is 38.6 Å². The molecule has 0 N–H and O–H groups in total. The smallest absolute Gasteiger partial charge is 0.119 e. The van der Waals surface area contributed by atoms with Gasteiger partial charge in [-0.2, -0.15) is 0 Å². The largest absolute Gasteiger partial charge is 0.494 e. The summed E-state index contributed by atoms with van der Waals surface area (Å²) in [6, 6.07) is 14.1. The van der Waals surface area contributed by atoms with Crippen LogP contribution in [0.2, 0.25) is 0 Å². The van der Waals surface area contributed by atoms with Crippen LogP contribution in [0.1, 0.15) is 172 Å². The first-order chi connectivity index (χ1) is 23.3. The first-order valence-electron chi connectivity index (χ1n) is 20.1. The van der Waals surface area contributed by atoms with Crippen LogP contribution in [0.3, 0.4) is 0 Å². The van der Waals surface area contributed by atoms with Crippen molar-refractivity contribution in [3.8, 4) is 11.5 Å². The minimum absolute atomic E-state index is 0.00886. The molecule has 2 fully saturated rings. The quantitative estimate of drug-likeness (QED) is 0.0880. The van der Waals surface area contributed by atoms with Gasteiger partial charge in [-0.05, 0) is 102 Å². The van der Waals surface area contributed by atoms with E-state index in [1.807, 2.05) is 0 Å². The molecule has 0 amide bonds. The van der Waals surface area contributed by atoms with Gasteiger partial charge < -0.3 is 18.9 Å². The molecule has 0 bridgehead atoms. The van der Waals surface area contributed by atoms with E-state index in [2.05, 4.69) is 64.1 Å². The van der Waals surface area contributed by atoms with Crippen molar-refractivity contribution in [3.05, 3.63) is 58.7 Å². The predicted molar refractivity (Wildman–Crippen MR) is 198 cm³/mol. The summed E-state index contributed by atoms with van der Waals surface area (Å²) < 4.78 is 23.6. The molecule has 4 nitrogen and oxygen atoms in total. The molecule has 2 heterocycles. The van der Waals surface area contributed by atoms with Crippen molar-refractivity contribution in [1.82, 2.24) is 0 Å². The van der Waals surface area contributed by atoms with Gasteiger partial charge in [0.2, 0.25) is 0 Å². The van der Waals surface area contributed by atoms with Gasteiger partial charge in [0.15, 0.2) is 0 Å². The van der Waals surface area contributed by atoms with Gasteiger partial charge in [-0.1, -0.05) is 117 Å². The van der Waals surface area contributed by atoms with E-state index in [0.29, 0.717) is 12.2 Å². The highest BCUT2D eigenvalue weighted by molar-refractivity contribution is 5.62. The van der Waals surface area contributed by atoms with Crippen LogP contribution < -0.4 is 9.47 Å². The Morgan fingerprint density at radius 2 is 1.00 bits per heavy atom. The molecular formula is C44H66O4. The van der Waals surface area contributed by atoms with E-state index >= 15 is 0 Å². The molecule has 6 rings (SSSR count). The van der Waals surface area contributed by atoms with Crippen LogP contribution in [-0.2, 0) is 25.7 Å². The average Bonchev–Trinajstić information content (AvgIpc) is 4.02. The Morgan fingerprint density at radius 1 is 0.562 bits per heavy atom. The molecule has 0 radical (unpaired) electrons. The van der Waals surface area contributed by atoms with E-state index < -0.39 is 0 Å². The molecule has 2 aromatic rings. The Kier molecular flexibility index (Phi) is 12.2. The molecule has 4 atom stereocenters. The van der Waals surface area contributed by atoms with Crippen LogP contribution in [0.25, 0.3) is 0 Å². The molecule has 1 spiro atoms. The van der Waals surface area contributed by atoms with Crippen molar-refractivity contribution >= 4 is 0 Å². The number of ether oxygens (including phenoxy) is 4. The zero-order chi connectivity index (χ0) is 33.5. The zero-order valence-electron chi connectivity index (χ0n) is 31.0. The van der Waals surface area contributed by atoms with Crippen molar-refractivity contribution < 1.29 is 18.9 Å². The number of epoxide rings is 2. The topological polar surface area (TPSA) is 43.5 Å². The lowest BCUT2D eigenvalue weighted by atomic mass is 9.71. The summed E-state index contributed by atoms with van der Waals surface area (Å²) in [4.78, 5) is 0. The van der Waals surface area contributed by atoms with Crippen molar-refractivity contribution in [1.29, 1.82) is 0 Å². The van der Waals surface area contributed by atoms with Gasteiger partial charge in [0.1, 0.15) is 11.5 Å². The van der Waals surface area contributed by atoms with Gasteiger partial charge >= 0.3 is 0 Å². The second-order valence-electron chi connectivity index (χ2n) is 16.8. The highest BCUT2D eigenvalue weighted by atomic mass is 16.6. The first-order valence-corrected chi connectivity index (χ1v) is 20.1. The van der Waals surface area contributed by atoms with Crippen molar-refractivity contribution in [2.45, 2.75) is 178 Å².